The SMILES string of the molecule is C=C(C)C(=O)OCCCCOc1ccc(OC(=O)c2ccc(OCCCC)cc2)cc1. The van der Waals surface area contributed by atoms with Crippen LogP contribution in [0.3, 0.4) is 0 Å². The Morgan fingerprint density at radius 2 is 1.29 bits per heavy atom. The van der Waals surface area contributed by atoms with Crippen molar-refractivity contribution in [3.8, 4) is 17.2 Å². The van der Waals surface area contributed by atoms with Gasteiger partial charge in [-0.2, -0.15) is 0 Å². The third-order valence-electron chi connectivity index (χ3n) is 4.28. The minimum Gasteiger partial charge on any atom is -0.494 e. The second-order valence-electron chi connectivity index (χ2n) is 7.06. The van der Waals surface area contributed by atoms with Crippen LogP contribution in [0.5, 0.6) is 17.2 Å². The summed E-state index contributed by atoms with van der Waals surface area (Å²) >= 11 is 0. The molecule has 0 unspecified atom stereocenters. The Hall–Kier alpha value is -3.28. The van der Waals surface area contributed by atoms with E-state index in [0.29, 0.717) is 48.9 Å². The lowest BCUT2D eigenvalue weighted by Crippen LogP contribution is -2.08. The molecular formula is C25H30O6. The second-order valence-corrected chi connectivity index (χ2v) is 7.06. The molecular weight excluding hydrogens is 396 g/mol. The van der Waals surface area contributed by atoms with E-state index < -0.39 is 5.97 Å². The largest absolute Gasteiger partial charge is 0.494 e. The zero-order valence-electron chi connectivity index (χ0n) is 18.2. The average molecular weight is 427 g/mol. The van der Waals surface area contributed by atoms with Crippen LogP contribution in [0.2, 0.25) is 0 Å². The van der Waals surface area contributed by atoms with Crippen molar-refractivity contribution >= 4 is 11.9 Å². The Labute approximate surface area is 183 Å². The summed E-state index contributed by atoms with van der Waals surface area (Å²) in [7, 11) is 0. The Kier molecular flexibility index (Phi) is 10.1. The van der Waals surface area contributed by atoms with Crippen LogP contribution in [0.1, 0.15) is 49.9 Å². The molecule has 2 rings (SSSR count). The van der Waals surface area contributed by atoms with Gasteiger partial charge in [0.1, 0.15) is 17.2 Å². The van der Waals surface area contributed by atoms with Gasteiger partial charge in [0.15, 0.2) is 0 Å². The predicted molar refractivity (Wildman–Crippen MR) is 119 cm³/mol. The highest BCUT2D eigenvalue weighted by Gasteiger charge is 2.09. The first-order chi connectivity index (χ1) is 15.0. The molecule has 6 heteroatoms. The Balaban J connectivity index is 1.71. The van der Waals surface area contributed by atoms with E-state index in [2.05, 4.69) is 13.5 Å². The third kappa shape index (κ3) is 8.95. The molecule has 166 valence electrons. The van der Waals surface area contributed by atoms with Crippen molar-refractivity contribution in [1.82, 2.24) is 0 Å². The van der Waals surface area contributed by atoms with Gasteiger partial charge in [-0.1, -0.05) is 19.9 Å². The van der Waals surface area contributed by atoms with Crippen LogP contribution in [0.15, 0.2) is 60.7 Å². The van der Waals surface area contributed by atoms with Gasteiger partial charge in [-0.25, -0.2) is 9.59 Å². The fourth-order valence-corrected chi connectivity index (χ4v) is 2.47. The van der Waals surface area contributed by atoms with Crippen LogP contribution in [-0.4, -0.2) is 31.8 Å². The van der Waals surface area contributed by atoms with Crippen LogP contribution >= 0.6 is 0 Å². The molecule has 0 saturated heterocycles. The smallest absolute Gasteiger partial charge is 0.343 e. The van der Waals surface area contributed by atoms with Gasteiger partial charge in [-0.15, -0.1) is 0 Å². The molecule has 0 heterocycles. The lowest BCUT2D eigenvalue weighted by molar-refractivity contribution is -0.139. The van der Waals surface area contributed by atoms with Crippen LogP contribution < -0.4 is 14.2 Å². The number of carbonyl (C=O) groups excluding carboxylic acids is 2. The van der Waals surface area contributed by atoms with E-state index in [9.17, 15) is 9.59 Å². The van der Waals surface area contributed by atoms with Gasteiger partial charge in [0.25, 0.3) is 0 Å². The number of esters is 2. The summed E-state index contributed by atoms with van der Waals surface area (Å²) in [6.07, 6.45) is 3.52. The summed E-state index contributed by atoms with van der Waals surface area (Å²) < 4.78 is 21.7. The molecule has 0 bridgehead atoms. The fraction of sp³-hybridized carbons (Fsp3) is 0.360. The summed E-state index contributed by atoms with van der Waals surface area (Å²) in [5.74, 6) is 1.04. The molecule has 0 fully saturated rings. The maximum atomic E-state index is 12.3. The molecule has 0 aliphatic carbocycles. The number of hydrogen-bond donors (Lipinski definition) is 0. The zero-order valence-corrected chi connectivity index (χ0v) is 18.2. The van der Waals surface area contributed by atoms with Crippen LogP contribution in [0, 0.1) is 0 Å². The highest BCUT2D eigenvalue weighted by molar-refractivity contribution is 5.91. The lowest BCUT2D eigenvalue weighted by Gasteiger charge is -2.09. The standard InChI is InChI=1S/C25H30O6/c1-4-5-16-28-21-10-8-20(9-11-21)25(27)31-23-14-12-22(13-15-23)29-17-6-7-18-30-24(26)19(2)3/h8-15H,2,4-7,16-18H2,1,3H3. The molecule has 0 radical (unpaired) electrons. The number of ether oxygens (including phenoxy) is 4. The number of carbonyl (C=O) groups is 2. The van der Waals surface area contributed by atoms with E-state index in [1.54, 1.807) is 55.5 Å². The molecule has 0 aliphatic rings. The molecule has 0 atom stereocenters. The molecule has 0 aromatic heterocycles. The van der Waals surface area contributed by atoms with E-state index in [1.807, 2.05) is 0 Å². The number of benzene rings is 2. The van der Waals surface area contributed by atoms with Gasteiger partial charge in [0.05, 0.1) is 25.4 Å². The quantitative estimate of drug-likeness (QED) is 0.186. The van der Waals surface area contributed by atoms with Crippen molar-refractivity contribution in [3.05, 3.63) is 66.2 Å². The van der Waals surface area contributed by atoms with E-state index in [0.717, 1.165) is 25.0 Å². The first kappa shape index (κ1) is 24.0. The number of hydrogen-bond acceptors (Lipinski definition) is 6. The Bertz CT molecular complexity index is 839. The first-order valence-electron chi connectivity index (χ1n) is 10.5. The maximum Gasteiger partial charge on any atom is 0.343 e. The van der Waals surface area contributed by atoms with Crippen molar-refractivity contribution in [3.63, 3.8) is 0 Å². The summed E-state index contributed by atoms with van der Waals surface area (Å²) in [5.41, 5.74) is 0.848. The normalized spacial score (nSPS) is 10.3. The molecule has 2 aromatic rings. The van der Waals surface area contributed by atoms with Crippen LogP contribution in [0.4, 0.5) is 0 Å². The molecule has 2 aromatic carbocycles. The van der Waals surface area contributed by atoms with Crippen molar-refractivity contribution in [1.29, 1.82) is 0 Å². The second kappa shape index (κ2) is 13.1. The molecule has 31 heavy (non-hydrogen) atoms. The number of rotatable bonds is 13. The van der Waals surface area contributed by atoms with Gasteiger partial charge in [-0.3, -0.25) is 0 Å². The van der Waals surface area contributed by atoms with Gasteiger partial charge in [0, 0.05) is 5.57 Å². The van der Waals surface area contributed by atoms with E-state index in [4.69, 9.17) is 18.9 Å². The van der Waals surface area contributed by atoms with Crippen LogP contribution in [0.25, 0.3) is 0 Å². The average Bonchev–Trinajstić information content (AvgIpc) is 2.77. The number of unbranched alkanes of at least 4 members (excludes halogenated alkanes) is 2. The molecule has 0 saturated carbocycles. The minimum absolute atomic E-state index is 0.343. The van der Waals surface area contributed by atoms with Crippen LogP contribution in [-0.2, 0) is 9.53 Å². The maximum absolute atomic E-state index is 12.3. The Morgan fingerprint density at radius 1 is 0.774 bits per heavy atom. The molecule has 0 aliphatic heterocycles. The minimum atomic E-state index is -0.432. The highest BCUT2D eigenvalue weighted by atomic mass is 16.5. The Morgan fingerprint density at radius 3 is 1.87 bits per heavy atom. The fourth-order valence-electron chi connectivity index (χ4n) is 2.47. The van der Waals surface area contributed by atoms with Gasteiger partial charge >= 0.3 is 11.9 Å². The van der Waals surface area contributed by atoms with Crippen molar-refractivity contribution in [2.24, 2.45) is 0 Å². The van der Waals surface area contributed by atoms with Gasteiger partial charge < -0.3 is 18.9 Å². The first-order valence-corrected chi connectivity index (χ1v) is 10.5. The molecule has 0 spiro atoms. The summed E-state index contributed by atoms with van der Waals surface area (Å²) in [6, 6.07) is 13.8. The van der Waals surface area contributed by atoms with E-state index >= 15 is 0 Å². The van der Waals surface area contributed by atoms with E-state index in [1.165, 1.54) is 0 Å². The topological polar surface area (TPSA) is 71.1 Å². The van der Waals surface area contributed by atoms with Gasteiger partial charge in [0.2, 0.25) is 0 Å². The van der Waals surface area contributed by atoms with E-state index in [-0.39, 0.29) is 5.97 Å². The van der Waals surface area contributed by atoms with Crippen molar-refractivity contribution in [2.75, 3.05) is 19.8 Å². The molecule has 0 N–H and O–H groups in total. The third-order valence-corrected chi connectivity index (χ3v) is 4.28. The van der Waals surface area contributed by atoms with Crippen molar-refractivity contribution in [2.45, 2.75) is 39.5 Å². The predicted octanol–water partition coefficient (Wildman–Crippen LogP) is 5.36. The molecule has 0 amide bonds. The molecule has 6 nitrogen and oxygen atoms in total. The summed E-state index contributed by atoms with van der Waals surface area (Å²) in [5, 5.41) is 0. The highest BCUT2D eigenvalue weighted by Crippen LogP contribution is 2.20. The zero-order chi connectivity index (χ0) is 22.5. The lowest BCUT2D eigenvalue weighted by atomic mass is 10.2. The summed E-state index contributed by atoms with van der Waals surface area (Å²) in [6.45, 7) is 8.76. The van der Waals surface area contributed by atoms with Gasteiger partial charge in [-0.05, 0) is 74.7 Å². The summed E-state index contributed by atoms with van der Waals surface area (Å²) in [4.78, 5) is 23.6. The van der Waals surface area contributed by atoms with Crippen molar-refractivity contribution < 1.29 is 28.5 Å². The monoisotopic (exact) mass is 426 g/mol.